The molecule has 4 rings (SSSR count). The van der Waals surface area contributed by atoms with Gasteiger partial charge in [-0.2, -0.15) is 13.2 Å². The van der Waals surface area contributed by atoms with Crippen LogP contribution in [0.2, 0.25) is 0 Å². The molecule has 0 spiro atoms. The van der Waals surface area contributed by atoms with E-state index in [2.05, 4.69) is 9.88 Å². The molecule has 1 fully saturated rings. The van der Waals surface area contributed by atoms with E-state index in [0.717, 1.165) is 31.8 Å². The highest BCUT2D eigenvalue weighted by molar-refractivity contribution is 6.01. The van der Waals surface area contributed by atoms with E-state index >= 15 is 0 Å². The van der Waals surface area contributed by atoms with Crippen LogP contribution in [0.3, 0.4) is 0 Å². The van der Waals surface area contributed by atoms with Crippen molar-refractivity contribution < 1.29 is 18.0 Å². The molecule has 0 bridgehead atoms. The number of carbonyl (C=O) groups is 1. The molecule has 0 radical (unpaired) electrons. The molecule has 2 aromatic rings. The Labute approximate surface area is 155 Å². The van der Waals surface area contributed by atoms with Gasteiger partial charge in [0.1, 0.15) is 0 Å². The third kappa shape index (κ3) is 3.69. The standard InChI is InChI=1S/C20H20F3N3O/c21-20(22,23)16-5-3-4-14(10-16)15-11-18-17(24-13-15)12-19(27)26(18)9-8-25-6-1-2-7-25/h3-5,10-11,13H,1-2,6-9,12H2. The molecule has 0 saturated carbocycles. The Kier molecular flexibility index (Phi) is 4.63. The van der Waals surface area contributed by atoms with Crippen molar-refractivity contribution in [2.75, 3.05) is 31.1 Å². The molecule has 142 valence electrons. The minimum absolute atomic E-state index is 0.00195. The van der Waals surface area contributed by atoms with E-state index < -0.39 is 11.7 Å². The molecule has 27 heavy (non-hydrogen) atoms. The van der Waals surface area contributed by atoms with E-state index in [4.69, 9.17) is 0 Å². The number of halogens is 3. The molecule has 3 heterocycles. The van der Waals surface area contributed by atoms with Crippen LogP contribution in [-0.4, -0.2) is 42.0 Å². The minimum Gasteiger partial charge on any atom is -0.309 e. The summed E-state index contributed by atoms with van der Waals surface area (Å²) < 4.78 is 39.0. The van der Waals surface area contributed by atoms with Gasteiger partial charge in [-0.3, -0.25) is 9.78 Å². The van der Waals surface area contributed by atoms with Crippen LogP contribution in [0, 0.1) is 0 Å². The van der Waals surface area contributed by atoms with E-state index in [1.165, 1.54) is 18.9 Å². The van der Waals surface area contributed by atoms with Crippen molar-refractivity contribution in [3.05, 3.63) is 47.8 Å². The summed E-state index contributed by atoms with van der Waals surface area (Å²) >= 11 is 0. The van der Waals surface area contributed by atoms with Gasteiger partial charge in [-0.25, -0.2) is 0 Å². The summed E-state index contributed by atoms with van der Waals surface area (Å²) in [5, 5.41) is 0. The van der Waals surface area contributed by atoms with Gasteiger partial charge in [0, 0.05) is 24.8 Å². The SMILES string of the molecule is O=C1Cc2ncc(-c3cccc(C(F)(F)F)c3)cc2N1CCN1CCCC1. The molecular weight excluding hydrogens is 355 g/mol. The van der Waals surface area contributed by atoms with Crippen LogP contribution in [-0.2, 0) is 17.4 Å². The van der Waals surface area contributed by atoms with Crippen molar-refractivity contribution in [3.8, 4) is 11.1 Å². The van der Waals surface area contributed by atoms with E-state index in [1.54, 1.807) is 23.2 Å². The summed E-state index contributed by atoms with van der Waals surface area (Å²) in [5.41, 5.74) is 1.74. The lowest BCUT2D eigenvalue weighted by molar-refractivity contribution is -0.137. The lowest BCUT2D eigenvalue weighted by Crippen LogP contribution is -2.35. The molecule has 0 N–H and O–H groups in total. The van der Waals surface area contributed by atoms with Crippen LogP contribution < -0.4 is 4.90 Å². The summed E-state index contributed by atoms with van der Waals surface area (Å²) in [6.07, 6.45) is -0.223. The number of amides is 1. The molecule has 1 saturated heterocycles. The van der Waals surface area contributed by atoms with Crippen molar-refractivity contribution in [3.63, 3.8) is 0 Å². The fourth-order valence-corrected chi connectivity index (χ4v) is 3.75. The van der Waals surface area contributed by atoms with Gasteiger partial charge in [0.2, 0.25) is 5.91 Å². The molecule has 0 aliphatic carbocycles. The first-order valence-electron chi connectivity index (χ1n) is 9.11. The Hall–Kier alpha value is -2.41. The number of aromatic nitrogens is 1. The van der Waals surface area contributed by atoms with Crippen LogP contribution in [0.5, 0.6) is 0 Å². The highest BCUT2D eigenvalue weighted by Gasteiger charge is 2.31. The highest BCUT2D eigenvalue weighted by atomic mass is 19.4. The second-order valence-electron chi connectivity index (χ2n) is 7.04. The number of likely N-dealkylation sites (tertiary alicyclic amines) is 1. The number of hydrogen-bond acceptors (Lipinski definition) is 3. The van der Waals surface area contributed by atoms with E-state index in [0.29, 0.717) is 29.1 Å². The Morgan fingerprint density at radius 3 is 2.56 bits per heavy atom. The first-order valence-corrected chi connectivity index (χ1v) is 9.11. The van der Waals surface area contributed by atoms with Gasteiger partial charge in [-0.1, -0.05) is 12.1 Å². The number of pyridine rings is 1. The number of anilines is 1. The molecule has 0 atom stereocenters. The molecule has 2 aliphatic rings. The first kappa shape index (κ1) is 18.0. The first-order chi connectivity index (χ1) is 12.9. The van der Waals surface area contributed by atoms with Gasteiger partial charge in [-0.15, -0.1) is 0 Å². The van der Waals surface area contributed by atoms with Crippen molar-refractivity contribution >= 4 is 11.6 Å². The van der Waals surface area contributed by atoms with Crippen LogP contribution in [0.25, 0.3) is 11.1 Å². The number of rotatable bonds is 4. The smallest absolute Gasteiger partial charge is 0.309 e. The summed E-state index contributed by atoms with van der Waals surface area (Å²) in [6, 6.07) is 6.98. The molecule has 7 heteroatoms. The monoisotopic (exact) mass is 375 g/mol. The summed E-state index contributed by atoms with van der Waals surface area (Å²) in [6.45, 7) is 3.49. The third-order valence-corrected chi connectivity index (χ3v) is 5.22. The lowest BCUT2D eigenvalue weighted by atomic mass is 10.0. The highest BCUT2D eigenvalue weighted by Crippen LogP contribution is 2.35. The lowest BCUT2D eigenvalue weighted by Gasteiger charge is -2.22. The van der Waals surface area contributed by atoms with E-state index in [9.17, 15) is 18.0 Å². The topological polar surface area (TPSA) is 36.4 Å². The van der Waals surface area contributed by atoms with Crippen LogP contribution in [0.1, 0.15) is 24.1 Å². The zero-order chi connectivity index (χ0) is 19.0. The van der Waals surface area contributed by atoms with Crippen molar-refractivity contribution in [1.82, 2.24) is 9.88 Å². The number of nitrogens with zero attached hydrogens (tertiary/aromatic N) is 3. The predicted molar refractivity (Wildman–Crippen MR) is 96.4 cm³/mol. The molecule has 1 amide bonds. The summed E-state index contributed by atoms with van der Waals surface area (Å²) in [4.78, 5) is 20.8. The Bertz CT molecular complexity index is 860. The predicted octanol–water partition coefficient (Wildman–Crippen LogP) is 3.75. The van der Waals surface area contributed by atoms with Crippen LogP contribution in [0.15, 0.2) is 36.5 Å². The zero-order valence-electron chi connectivity index (χ0n) is 14.8. The van der Waals surface area contributed by atoms with E-state index in [-0.39, 0.29) is 12.3 Å². The Morgan fingerprint density at radius 1 is 1.04 bits per heavy atom. The Morgan fingerprint density at radius 2 is 1.81 bits per heavy atom. The summed E-state index contributed by atoms with van der Waals surface area (Å²) in [5.74, 6) is -0.00195. The maximum Gasteiger partial charge on any atom is 0.416 e. The molecule has 4 nitrogen and oxygen atoms in total. The van der Waals surface area contributed by atoms with Crippen LogP contribution in [0.4, 0.5) is 18.9 Å². The largest absolute Gasteiger partial charge is 0.416 e. The molecule has 0 unspecified atom stereocenters. The second-order valence-corrected chi connectivity index (χ2v) is 7.04. The van der Waals surface area contributed by atoms with Gasteiger partial charge in [-0.05, 0) is 49.7 Å². The molecule has 1 aromatic heterocycles. The van der Waals surface area contributed by atoms with Crippen LogP contribution >= 0.6 is 0 Å². The quantitative estimate of drug-likeness (QED) is 0.817. The second kappa shape index (κ2) is 6.96. The van der Waals surface area contributed by atoms with E-state index in [1.807, 2.05) is 0 Å². The van der Waals surface area contributed by atoms with Gasteiger partial charge in [0.05, 0.1) is 23.4 Å². The van der Waals surface area contributed by atoms with Gasteiger partial charge in [0.15, 0.2) is 0 Å². The molecular formula is C20H20F3N3O. The van der Waals surface area contributed by atoms with Gasteiger partial charge >= 0.3 is 6.18 Å². The maximum atomic E-state index is 13.0. The average Bonchev–Trinajstić information content (AvgIpc) is 3.26. The van der Waals surface area contributed by atoms with Crippen molar-refractivity contribution in [2.45, 2.75) is 25.4 Å². The number of carbonyl (C=O) groups excluding carboxylic acids is 1. The van der Waals surface area contributed by atoms with Gasteiger partial charge in [0.25, 0.3) is 0 Å². The van der Waals surface area contributed by atoms with Gasteiger partial charge < -0.3 is 9.80 Å². The number of benzene rings is 1. The average molecular weight is 375 g/mol. The Balaban J connectivity index is 1.60. The van der Waals surface area contributed by atoms with Crippen molar-refractivity contribution in [1.29, 1.82) is 0 Å². The number of alkyl halides is 3. The normalized spacial score (nSPS) is 17.6. The number of hydrogen-bond donors (Lipinski definition) is 0. The minimum atomic E-state index is -4.39. The fourth-order valence-electron chi connectivity index (χ4n) is 3.75. The maximum absolute atomic E-state index is 13.0. The summed E-state index contributed by atoms with van der Waals surface area (Å²) in [7, 11) is 0. The van der Waals surface area contributed by atoms with Crippen molar-refractivity contribution in [2.24, 2.45) is 0 Å². The zero-order valence-corrected chi connectivity index (χ0v) is 14.8. The number of fused-ring (bicyclic) bond motifs is 1. The molecule has 1 aromatic carbocycles. The molecule has 2 aliphatic heterocycles. The fraction of sp³-hybridized carbons (Fsp3) is 0.400. The third-order valence-electron chi connectivity index (χ3n) is 5.22.